The SMILES string of the molecule is N#Cc1ccnc(SC(C(=O)N2CCCCC2)c2ccccc2)c1. The summed E-state index contributed by atoms with van der Waals surface area (Å²) in [5, 5.41) is 9.44. The normalized spacial score (nSPS) is 15.5. The van der Waals surface area contributed by atoms with Crippen LogP contribution in [-0.4, -0.2) is 28.9 Å². The summed E-state index contributed by atoms with van der Waals surface area (Å²) in [5.74, 6) is 0.134. The minimum atomic E-state index is -0.328. The Bertz CT molecular complexity index is 736. The average Bonchev–Trinajstić information content (AvgIpc) is 2.67. The predicted octanol–water partition coefficient (Wildman–Crippen LogP) is 3.80. The van der Waals surface area contributed by atoms with Gasteiger partial charge in [-0.2, -0.15) is 5.26 Å². The summed E-state index contributed by atoms with van der Waals surface area (Å²) in [7, 11) is 0. The third kappa shape index (κ3) is 3.95. The molecule has 0 N–H and O–H groups in total. The lowest BCUT2D eigenvalue weighted by Crippen LogP contribution is -2.38. The molecule has 1 aromatic heterocycles. The van der Waals surface area contributed by atoms with Crippen molar-refractivity contribution in [3.63, 3.8) is 0 Å². The van der Waals surface area contributed by atoms with Crippen LogP contribution in [0.1, 0.15) is 35.6 Å². The summed E-state index contributed by atoms with van der Waals surface area (Å²) in [4.78, 5) is 19.4. The molecule has 0 saturated carbocycles. The number of benzene rings is 1. The number of amides is 1. The van der Waals surface area contributed by atoms with E-state index >= 15 is 0 Å². The number of hydrogen-bond acceptors (Lipinski definition) is 4. The second kappa shape index (κ2) is 7.98. The molecule has 2 aromatic rings. The molecule has 1 atom stereocenters. The highest BCUT2D eigenvalue weighted by Gasteiger charge is 2.28. The number of likely N-dealkylation sites (tertiary alicyclic amines) is 1. The van der Waals surface area contributed by atoms with Crippen LogP contribution in [0.15, 0.2) is 53.7 Å². The number of aromatic nitrogens is 1. The Morgan fingerprint density at radius 3 is 2.62 bits per heavy atom. The van der Waals surface area contributed by atoms with Gasteiger partial charge in [0.05, 0.1) is 16.7 Å². The number of carbonyl (C=O) groups is 1. The van der Waals surface area contributed by atoms with Gasteiger partial charge in [0, 0.05) is 19.3 Å². The topological polar surface area (TPSA) is 57.0 Å². The number of hydrogen-bond donors (Lipinski definition) is 0. The molecule has 1 aromatic carbocycles. The first kappa shape index (κ1) is 16.5. The Labute approximate surface area is 146 Å². The monoisotopic (exact) mass is 337 g/mol. The van der Waals surface area contributed by atoms with Crippen LogP contribution in [0.3, 0.4) is 0 Å². The molecule has 24 heavy (non-hydrogen) atoms. The van der Waals surface area contributed by atoms with Gasteiger partial charge >= 0.3 is 0 Å². The lowest BCUT2D eigenvalue weighted by atomic mass is 10.1. The van der Waals surface area contributed by atoms with Crippen molar-refractivity contribution in [2.24, 2.45) is 0 Å². The van der Waals surface area contributed by atoms with Gasteiger partial charge in [-0.3, -0.25) is 4.79 Å². The summed E-state index contributed by atoms with van der Waals surface area (Å²) in [6.45, 7) is 1.66. The lowest BCUT2D eigenvalue weighted by molar-refractivity contribution is -0.131. The standard InChI is InChI=1S/C19H19N3OS/c20-14-15-9-10-21-17(13-15)24-18(16-7-3-1-4-8-16)19(23)22-11-5-2-6-12-22/h1,3-4,7-10,13,18H,2,5-6,11-12H2. The predicted molar refractivity (Wildman–Crippen MR) is 94.4 cm³/mol. The van der Waals surface area contributed by atoms with Crippen molar-refractivity contribution in [1.29, 1.82) is 5.26 Å². The lowest BCUT2D eigenvalue weighted by Gasteiger charge is -2.30. The van der Waals surface area contributed by atoms with Crippen molar-refractivity contribution in [3.8, 4) is 6.07 Å². The molecule has 0 radical (unpaired) electrons. The van der Waals surface area contributed by atoms with Crippen molar-refractivity contribution in [1.82, 2.24) is 9.88 Å². The molecule has 0 spiro atoms. The molecule has 1 saturated heterocycles. The van der Waals surface area contributed by atoms with E-state index in [1.165, 1.54) is 18.2 Å². The fraction of sp³-hybridized carbons (Fsp3) is 0.316. The van der Waals surface area contributed by atoms with Gasteiger partial charge in [-0.1, -0.05) is 42.1 Å². The number of rotatable bonds is 4. The van der Waals surface area contributed by atoms with Crippen LogP contribution in [0.4, 0.5) is 0 Å². The maximum atomic E-state index is 13.1. The van der Waals surface area contributed by atoms with Crippen LogP contribution in [0.5, 0.6) is 0 Å². The number of thioether (sulfide) groups is 1. The average molecular weight is 337 g/mol. The number of carbonyl (C=O) groups excluding carboxylic acids is 1. The minimum Gasteiger partial charge on any atom is -0.341 e. The fourth-order valence-corrected chi connectivity index (χ4v) is 3.93. The largest absolute Gasteiger partial charge is 0.341 e. The molecule has 0 aliphatic carbocycles. The number of nitrogens with zero attached hydrogens (tertiary/aromatic N) is 3. The number of nitriles is 1. The van der Waals surface area contributed by atoms with Crippen molar-refractivity contribution in [3.05, 3.63) is 59.8 Å². The summed E-state index contributed by atoms with van der Waals surface area (Å²) in [5.41, 5.74) is 1.53. The maximum absolute atomic E-state index is 13.1. The highest BCUT2D eigenvalue weighted by Crippen LogP contribution is 2.36. The van der Waals surface area contributed by atoms with Gasteiger partial charge in [-0.25, -0.2) is 4.98 Å². The zero-order valence-electron chi connectivity index (χ0n) is 13.4. The molecule has 1 aliphatic rings. The van der Waals surface area contributed by atoms with E-state index in [-0.39, 0.29) is 11.2 Å². The highest BCUT2D eigenvalue weighted by molar-refractivity contribution is 8.00. The second-order valence-electron chi connectivity index (χ2n) is 5.79. The molecule has 0 bridgehead atoms. The minimum absolute atomic E-state index is 0.134. The van der Waals surface area contributed by atoms with Crippen LogP contribution < -0.4 is 0 Å². The number of piperidine rings is 1. The van der Waals surface area contributed by atoms with E-state index in [1.807, 2.05) is 35.2 Å². The van der Waals surface area contributed by atoms with Crippen molar-refractivity contribution < 1.29 is 4.79 Å². The summed E-state index contributed by atoms with van der Waals surface area (Å²) in [6, 6.07) is 15.3. The Hall–Kier alpha value is -2.32. The first-order chi connectivity index (χ1) is 11.8. The van der Waals surface area contributed by atoms with Gasteiger partial charge in [0.2, 0.25) is 5.91 Å². The quantitative estimate of drug-likeness (QED) is 0.796. The Balaban J connectivity index is 1.87. The van der Waals surface area contributed by atoms with E-state index in [9.17, 15) is 4.79 Å². The molecule has 3 rings (SSSR count). The highest BCUT2D eigenvalue weighted by atomic mass is 32.2. The first-order valence-corrected chi connectivity index (χ1v) is 9.02. The van der Waals surface area contributed by atoms with E-state index in [0.29, 0.717) is 10.6 Å². The molecule has 4 nitrogen and oxygen atoms in total. The van der Waals surface area contributed by atoms with E-state index in [0.717, 1.165) is 31.5 Å². The van der Waals surface area contributed by atoms with Crippen LogP contribution in [0, 0.1) is 11.3 Å². The van der Waals surface area contributed by atoms with Gasteiger partial charge in [0.1, 0.15) is 5.25 Å². The van der Waals surface area contributed by atoms with Gasteiger partial charge in [-0.05, 0) is 37.0 Å². The summed E-state index contributed by atoms with van der Waals surface area (Å²) < 4.78 is 0. The zero-order valence-corrected chi connectivity index (χ0v) is 14.2. The van der Waals surface area contributed by atoms with Crippen LogP contribution in [-0.2, 0) is 4.79 Å². The Kier molecular flexibility index (Phi) is 5.50. The van der Waals surface area contributed by atoms with Crippen LogP contribution >= 0.6 is 11.8 Å². The first-order valence-electron chi connectivity index (χ1n) is 8.14. The molecular formula is C19H19N3OS. The van der Waals surface area contributed by atoms with Crippen molar-refractivity contribution >= 4 is 17.7 Å². The third-order valence-electron chi connectivity index (χ3n) is 4.10. The summed E-state index contributed by atoms with van der Waals surface area (Å²) in [6.07, 6.45) is 4.95. The molecule has 1 unspecified atom stereocenters. The fourth-order valence-electron chi connectivity index (χ4n) is 2.83. The Morgan fingerprint density at radius 2 is 1.92 bits per heavy atom. The molecule has 1 fully saturated rings. The zero-order chi connectivity index (χ0) is 16.8. The van der Waals surface area contributed by atoms with Crippen molar-refractivity contribution in [2.45, 2.75) is 29.5 Å². The van der Waals surface area contributed by atoms with E-state index in [1.54, 1.807) is 18.3 Å². The van der Waals surface area contributed by atoms with E-state index in [2.05, 4.69) is 11.1 Å². The van der Waals surface area contributed by atoms with Gasteiger partial charge < -0.3 is 4.90 Å². The van der Waals surface area contributed by atoms with Crippen molar-refractivity contribution in [2.75, 3.05) is 13.1 Å². The molecule has 122 valence electrons. The molecular weight excluding hydrogens is 318 g/mol. The summed E-state index contributed by atoms with van der Waals surface area (Å²) >= 11 is 1.42. The smallest absolute Gasteiger partial charge is 0.240 e. The van der Waals surface area contributed by atoms with E-state index in [4.69, 9.17) is 5.26 Å². The second-order valence-corrected chi connectivity index (χ2v) is 6.91. The van der Waals surface area contributed by atoms with Crippen LogP contribution in [0.25, 0.3) is 0 Å². The van der Waals surface area contributed by atoms with Gasteiger partial charge in [-0.15, -0.1) is 0 Å². The van der Waals surface area contributed by atoms with E-state index < -0.39 is 0 Å². The Morgan fingerprint density at radius 1 is 1.17 bits per heavy atom. The molecule has 1 aliphatic heterocycles. The van der Waals surface area contributed by atoms with Gasteiger partial charge in [0.25, 0.3) is 0 Å². The molecule has 2 heterocycles. The third-order valence-corrected chi connectivity index (χ3v) is 5.27. The maximum Gasteiger partial charge on any atom is 0.240 e. The molecule has 5 heteroatoms. The van der Waals surface area contributed by atoms with Crippen LogP contribution in [0.2, 0.25) is 0 Å². The number of pyridine rings is 1. The van der Waals surface area contributed by atoms with Gasteiger partial charge in [0.15, 0.2) is 0 Å². The molecule has 1 amide bonds.